The van der Waals surface area contributed by atoms with Crippen molar-refractivity contribution < 1.29 is 18.0 Å². The van der Waals surface area contributed by atoms with Crippen molar-refractivity contribution in [3.05, 3.63) is 93.7 Å². The number of likely N-dealkylation sites (N-methyl/N-ethyl adjacent to an activating group) is 1. The zero-order chi connectivity index (χ0) is 20.9. The Labute approximate surface area is 171 Å². The highest BCUT2D eigenvalue weighted by Gasteiger charge is 2.30. The molecule has 0 unspecified atom stereocenters. The maximum absolute atomic E-state index is 12.7. The van der Waals surface area contributed by atoms with E-state index in [0.29, 0.717) is 12.1 Å². The van der Waals surface area contributed by atoms with Crippen LogP contribution in [0, 0.1) is 0 Å². The Morgan fingerprint density at radius 3 is 2.31 bits per heavy atom. The second-order valence-electron chi connectivity index (χ2n) is 6.79. The van der Waals surface area contributed by atoms with Gasteiger partial charge in [0.15, 0.2) is 0 Å². The van der Waals surface area contributed by atoms with Crippen LogP contribution in [0.5, 0.6) is 0 Å². The summed E-state index contributed by atoms with van der Waals surface area (Å²) >= 11 is 1.57. The maximum Gasteiger partial charge on any atom is 0.416 e. The minimum Gasteiger partial charge on any atom is -0.343 e. The molecule has 1 aromatic heterocycles. The van der Waals surface area contributed by atoms with Gasteiger partial charge in [-0.05, 0) is 41.8 Å². The van der Waals surface area contributed by atoms with E-state index in [1.807, 2.05) is 47.8 Å². The average Bonchev–Trinajstić information content (AvgIpc) is 3.21. The summed E-state index contributed by atoms with van der Waals surface area (Å²) in [5.74, 6) is -0.151. The number of nitrogens with zero attached hydrogens (tertiary/aromatic N) is 1. The fraction of sp³-hybridized carbons (Fsp3) is 0.227. The van der Waals surface area contributed by atoms with Crippen molar-refractivity contribution in [1.29, 1.82) is 0 Å². The number of alkyl halides is 3. The van der Waals surface area contributed by atoms with Gasteiger partial charge < -0.3 is 5.32 Å². The molecule has 7 heteroatoms. The summed E-state index contributed by atoms with van der Waals surface area (Å²) < 4.78 is 38.0. The first kappa shape index (κ1) is 21.1. The van der Waals surface area contributed by atoms with Crippen LogP contribution in [0.15, 0.2) is 72.1 Å². The summed E-state index contributed by atoms with van der Waals surface area (Å²) in [5.41, 5.74) is 1.03. The van der Waals surface area contributed by atoms with Crippen molar-refractivity contribution in [3.8, 4) is 0 Å². The van der Waals surface area contributed by atoms with Crippen molar-refractivity contribution in [3.63, 3.8) is 0 Å². The lowest BCUT2D eigenvalue weighted by molar-refractivity contribution is -0.137. The minimum atomic E-state index is -4.35. The van der Waals surface area contributed by atoms with Gasteiger partial charge in [0.2, 0.25) is 5.91 Å². The molecule has 0 fully saturated rings. The Kier molecular flexibility index (Phi) is 6.71. The molecule has 0 bridgehead atoms. The molecule has 2 aromatic carbocycles. The number of rotatable bonds is 7. The fourth-order valence-electron chi connectivity index (χ4n) is 3.04. The second-order valence-corrected chi connectivity index (χ2v) is 7.77. The smallest absolute Gasteiger partial charge is 0.343 e. The lowest BCUT2D eigenvalue weighted by Gasteiger charge is -2.21. The SMILES string of the molecule is CN(CC(=O)N[C@@H](c1ccccc1)c1cccs1)Cc1ccc(C(F)(F)F)cc1. The molecule has 1 N–H and O–H groups in total. The maximum atomic E-state index is 12.7. The molecule has 3 rings (SSSR count). The van der Waals surface area contributed by atoms with Gasteiger partial charge in [-0.25, -0.2) is 0 Å². The third-order valence-corrected chi connectivity index (χ3v) is 5.35. The molecule has 3 nitrogen and oxygen atoms in total. The topological polar surface area (TPSA) is 32.3 Å². The number of hydrogen-bond acceptors (Lipinski definition) is 3. The predicted molar refractivity (Wildman–Crippen MR) is 109 cm³/mol. The van der Waals surface area contributed by atoms with Crippen molar-refractivity contribution in [2.45, 2.75) is 18.8 Å². The van der Waals surface area contributed by atoms with Gasteiger partial charge in [-0.1, -0.05) is 48.5 Å². The molecule has 0 aliphatic carbocycles. The summed E-state index contributed by atoms with van der Waals surface area (Å²) in [4.78, 5) is 15.4. The summed E-state index contributed by atoms with van der Waals surface area (Å²) in [6, 6.07) is 18.4. The monoisotopic (exact) mass is 418 g/mol. The number of thiophene rings is 1. The Hall–Kier alpha value is -2.64. The molecular formula is C22H21F3N2OS. The van der Waals surface area contributed by atoms with Gasteiger partial charge in [0.25, 0.3) is 0 Å². The van der Waals surface area contributed by atoms with Crippen molar-refractivity contribution in [1.82, 2.24) is 10.2 Å². The standard InChI is InChI=1S/C22H21F3N2OS/c1-27(14-16-9-11-18(12-10-16)22(23,24)25)15-20(28)26-21(19-8-5-13-29-19)17-6-3-2-4-7-17/h2-13,21H,14-15H2,1H3,(H,26,28)/t21-/m0/s1. The number of nitrogens with one attached hydrogen (secondary N) is 1. The summed E-state index contributed by atoms with van der Waals surface area (Å²) in [6.07, 6.45) is -4.35. The average molecular weight is 418 g/mol. The first-order chi connectivity index (χ1) is 13.8. The van der Waals surface area contributed by atoms with Crippen LogP contribution in [-0.2, 0) is 17.5 Å². The highest BCUT2D eigenvalue weighted by molar-refractivity contribution is 7.10. The van der Waals surface area contributed by atoms with E-state index in [2.05, 4.69) is 5.32 Å². The van der Waals surface area contributed by atoms with Gasteiger partial charge in [0.1, 0.15) is 0 Å². The van der Waals surface area contributed by atoms with E-state index in [1.165, 1.54) is 12.1 Å². The van der Waals surface area contributed by atoms with Crippen LogP contribution in [0.25, 0.3) is 0 Å². The van der Waals surface area contributed by atoms with Gasteiger partial charge in [-0.2, -0.15) is 13.2 Å². The van der Waals surface area contributed by atoms with Gasteiger partial charge in [-0.15, -0.1) is 11.3 Å². The lowest BCUT2D eigenvalue weighted by Crippen LogP contribution is -2.37. The van der Waals surface area contributed by atoms with Gasteiger partial charge in [0, 0.05) is 11.4 Å². The van der Waals surface area contributed by atoms with Crippen molar-refractivity contribution >= 4 is 17.2 Å². The van der Waals surface area contributed by atoms with Gasteiger partial charge in [0.05, 0.1) is 18.2 Å². The molecule has 3 aromatic rings. The van der Waals surface area contributed by atoms with Crippen LogP contribution in [0.2, 0.25) is 0 Å². The van der Waals surface area contributed by atoms with E-state index >= 15 is 0 Å². The zero-order valence-corrected chi connectivity index (χ0v) is 16.6. The first-order valence-electron chi connectivity index (χ1n) is 9.05. The number of carbonyl (C=O) groups is 1. The highest BCUT2D eigenvalue weighted by Crippen LogP contribution is 2.29. The molecule has 29 heavy (non-hydrogen) atoms. The quantitative estimate of drug-likeness (QED) is 0.579. The van der Waals surface area contributed by atoms with Crippen LogP contribution in [0.3, 0.4) is 0 Å². The van der Waals surface area contributed by atoms with Crippen LogP contribution in [0.1, 0.15) is 27.6 Å². The molecule has 1 heterocycles. The Morgan fingerprint density at radius 2 is 1.72 bits per heavy atom. The van der Waals surface area contributed by atoms with E-state index in [1.54, 1.807) is 23.3 Å². The normalized spacial score (nSPS) is 12.7. The van der Waals surface area contributed by atoms with Crippen LogP contribution in [-0.4, -0.2) is 24.4 Å². The second kappa shape index (κ2) is 9.24. The minimum absolute atomic E-state index is 0.135. The van der Waals surface area contributed by atoms with E-state index < -0.39 is 11.7 Å². The van der Waals surface area contributed by atoms with Gasteiger partial charge in [-0.3, -0.25) is 9.69 Å². The van der Waals surface area contributed by atoms with Crippen molar-refractivity contribution in [2.75, 3.05) is 13.6 Å². The lowest BCUT2D eigenvalue weighted by atomic mass is 10.1. The van der Waals surface area contributed by atoms with E-state index in [4.69, 9.17) is 0 Å². The van der Waals surface area contributed by atoms with E-state index in [0.717, 1.165) is 22.6 Å². The molecule has 0 aliphatic rings. The Morgan fingerprint density at radius 1 is 1.03 bits per heavy atom. The molecule has 0 aliphatic heterocycles. The van der Waals surface area contributed by atoms with Gasteiger partial charge >= 0.3 is 6.18 Å². The largest absolute Gasteiger partial charge is 0.416 e. The molecular weight excluding hydrogens is 397 g/mol. The third-order valence-electron chi connectivity index (χ3n) is 4.41. The number of halogens is 3. The molecule has 0 spiro atoms. The summed E-state index contributed by atoms with van der Waals surface area (Å²) in [5, 5.41) is 5.03. The Balaban J connectivity index is 1.61. The van der Waals surface area contributed by atoms with E-state index in [9.17, 15) is 18.0 Å². The number of carbonyl (C=O) groups excluding carboxylic acids is 1. The fourth-order valence-corrected chi connectivity index (χ4v) is 3.84. The summed E-state index contributed by atoms with van der Waals surface area (Å²) in [7, 11) is 1.76. The van der Waals surface area contributed by atoms with Crippen LogP contribution in [0.4, 0.5) is 13.2 Å². The highest BCUT2D eigenvalue weighted by atomic mass is 32.1. The molecule has 1 atom stereocenters. The Bertz CT molecular complexity index is 909. The van der Waals surface area contributed by atoms with Crippen LogP contribution < -0.4 is 5.32 Å². The molecule has 0 saturated carbocycles. The van der Waals surface area contributed by atoms with E-state index in [-0.39, 0.29) is 18.5 Å². The summed E-state index contributed by atoms with van der Waals surface area (Å²) in [6.45, 7) is 0.510. The third kappa shape index (κ3) is 5.92. The van der Waals surface area contributed by atoms with Crippen LogP contribution >= 0.6 is 11.3 Å². The molecule has 0 saturated heterocycles. The molecule has 0 radical (unpaired) electrons. The molecule has 1 amide bonds. The molecule has 152 valence electrons. The van der Waals surface area contributed by atoms with Crippen molar-refractivity contribution in [2.24, 2.45) is 0 Å². The first-order valence-corrected chi connectivity index (χ1v) is 9.93. The zero-order valence-electron chi connectivity index (χ0n) is 15.8. The number of hydrogen-bond donors (Lipinski definition) is 1. The number of benzene rings is 2. The number of amides is 1. The predicted octanol–water partition coefficient (Wildman–Crippen LogP) is 5.10.